The van der Waals surface area contributed by atoms with Crippen molar-refractivity contribution in [1.29, 1.82) is 0 Å². The Labute approximate surface area is 189 Å². The zero-order valence-corrected chi connectivity index (χ0v) is 20.1. The van der Waals surface area contributed by atoms with Crippen molar-refractivity contribution in [3.8, 4) is 0 Å². The van der Waals surface area contributed by atoms with E-state index in [1.54, 1.807) is 18.2 Å². The number of thioether (sulfide) groups is 1. The first-order valence-corrected chi connectivity index (χ1v) is 11.4. The van der Waals surface area contributed by atoms with Gasteiger partial charge in [0.1, 0.15) is 0 Å². The number of amides is 2. The standard InChI is InChI=1S/C23H35N3O4S/c1-7-14(4)22(29)26-19(11-13(2)3)21(28)16-9-8-10-20(31-15(5)27)17(16)12-18(24)23(30)25-6/h8-10,13-14,18-19H,7,11-12,24H2,1-6H3,(H,25,30)(H,26,29)/t14?,18-,19-/m0/s1. The summed E-state index contributed by atoms with van der Waals surface area (Å²) in [4.78, 5) is 50.4. The maximum atomic E-state index is 13.6. The Kier molecular flexibility index (Phi) is 10.9. The van der Waals surface area contributed by atoms with Crippen molar-refractivity contribution in [2.75, 3.05) is 7.05 Å². The van der Waals surface area contributed by atoms with Crippen LogP contribution in [0.4, 0.5) is 0 Å². The number of Topliss-reactive ketones (excluding diaryl/α,β-unsaturated/α-hetero) is 1. The van der Waals surface area contributed by atoms with Crippen LogP contribution < -0.4 is 16.4 Å². The van der Waals surface area contributed by atoms with Crippen LogP contribution in [0.5, 0.6) is 0 Å². The molecule has 0 aliphatic heterocycles. The number of ketones is 1. The van der Waals surface area contributed by atoms with Crippen LogP contribution in [0.15, 0.2) is 23.1 Å². The predicted molar refractivity (Wildman–Crippen MR) is 124 cm³/mol. The van der Waals surface area contributed by atoms with Crippen molar-refractivity contribution < 1.29 is 19.2 Å². The first-order chi connectivity index (χ1) is 14.5. The Hall–Kier alpha value is -2.19. The summed E-state index contributed by atoms with van der Waals surface area (Å²) in [6.07, 6.45) is 1.25. The van der Waals surface area contributed by atoms with Crippen molar-refractivity contribution in [2.45, 2.75) is 70.9 Å². The Morgan fingerprint density at radius 2 is 1.74 bits per heavy atom. The van der Waals surface area contributed by atoms with Gasteiger partial charge >= 0.3 is 0 Å². The van der Waals surface area contributed by atoms with Crippen LogP contribution in [0.2, 0.25) is 0 Å². The number of nitrogens with one attached hydrogen (secondary N) is 2. The second-order valence-corrected chi connectivity index (χ2v) is 9.38. The second-order valence-electron chi connectivity index (χ2n) is 8.17. The number of hydrogen-bond acceptors (Lipinski definition) is 6. The zero-order chi connectivity index (χ0) is 23.7. The number of hydrogen-bond donors (Lipinski definition) is 3. The van der Waals surface area contributed by atoms with E-state index in [0.29, 0.717) is 28.9 Å². The lowest BCUT2D eigenvalue weighted by molar-refractivity contribution is -0.125. The van der Waals surface area contributed by atoms with E-state index >= 15 is 0 Å². The lowest BCUT2D eigenvalue weighted by Crippen LogP contribution is -2.44. The fraction of sp³-hybridized carbons (Fsp3) is 0.565. The van der Waals surface area contributed by atoms with Crippen molar-refractivity contribution in [1.82, 2.24) is 10.6 Å². The van der Waals surface area contributed by atoms with E-state index in [0.717, 1.165) is 11.8 Å². The van der Waals surface area contributed by atoms with Gasteiger partial charge in [-0.25, -0.2) is 0 Å². The predicted octanol–water partition coefficient (Wildman–Crippen LogP) is 2.70. The molecule has 0 radical (unpaired) electrons. The zero-order valence-electron chi connectivity index (χ0n) is 19.3. The van der Waals surface area contributed by atoms with Crippen molar-refractivity contribution in [3.05, 3.63) is 29.3 Å². The fourth-order valence-corrected chi connectivity index (χ4v) is 3.92. The number of carbonyl (C=O) groups is 4. The Balaban J connectivity index is 3.42. The average molecular weight is 450 g/mol. The summed E-state index contributed by atoms with van der Waals surface area (Å²) >= 11 is 1.00. The molecular formula is C23H35N3O4S. The molecule has 0 aromatic heterocycles. The molecule has 1 aromatic rings. The van der Waals surface area contributed by atoms with Crippen LogP contribution in [-0.2, 0) is 20.8 Å². The molecular weight excluding hydrogens is 414 g/mol. The molecule has 0 saturated carbocycles. The third-order valence-electron chi connectivity index (χ3n) is 5.06. The first kappa shape index (κ1) is 26.8. The van der Waals surface area contributed by atoms with E-state index in [4.69, 9.17) is 5.73 Å². The molecule has 2 amide bonds. The largest absolute Gasteiger partial charge is 0.358 e. The monoisotopic (exact) mass is 449 g/mol. The van der Waals surface area contributed by atoms with Crippen LogP contribution in [0, 0.1) is 11.8 Å². The molecule has 1 aromatic carbocycles. The average Bonchev–Trinajstić information content (AvgIpc) is 2.71. The van der Waals surface area contributed by atoms with Crippen molar-refractivity contribution in [3.63, 3.8) is 0 Å². The van der Waals surface area contributed by atoms with Gasteiger partial charge in [0.15, 0.2) is 10.9 Å². The SMILES string of the molecule is CCC(C)C(=O)N[C@@H](CC(C)C)C(=O)c1cccc(SC(C)=O)c1C[C@H](N)C(=O)NC. The van der Waals surface area contributed by atoms with E-state index in [1.807, 2.05) is 27.7 Å². The molecule has 4 N–H and O–H groups in total. The minimum atomic E-state index is -0.872. The van der Waals surface area contributed by atoms with Gasteiger partial charge in [-0.15, -0.1) is 0 Å². The third kappa shape index (κ3) is 8.10. The molecule has 0 aliphatic carbocycles. The van der Waals surface area contributed by atoms with E-state index in [-0.39, 0.29) is 41.0 Å². The van der Waals surface area contributed by atoms with Gasteiger partial charge in [-0.05, 0) is 36.8 Å². The molecule has 3 atom stereocenters. The third-order valence-corrected chi connectivity index (χ3v) is 5.95. The first-order valence-electron chi connectivity index (χ1n) is 10.6. The Morgan fingerprint density at radius 1 is 1.10 bits per heavy atom. The molecule has 0 spiro atoms. The maximum absolute atomic E-state index is 13.6. The van der Waals surface area contributed by atoms with Crippen LogP contribution in [0.1, 0.15) is 63.4 Å². The van der Waals surface area contributed by atoms with E-state index in [1.165, 1.54) is 14.0 Å². The van der Waals surface area contributed by atoms with Gasteiger partial charge in [-0.3, -0.25) is 19.2 Å². The number of likely N-dealkylation sites (N-methyl/N-ethyl adjacent to an activating group) is 1. The van der Waals surface area contributed by atoms with Gasteiger partial charge in [0.25, 0.3) is 0 Å². The van der Waals surface area contributed by atoms with Gasteiger partial charge in [0.2, 0.25) is 11.8 Å². The topological polar surface area (TPSA) is 118 Å². The minimum absolute atomic E-state index is 0.102. The fourth-order valence-electron chi connectivity index (χ4n) is 3.15. The smallest absolute Gasteiger partial charge is 0.237 e. The molecule has 0 saturated heterocycles. The highest BCUT2D eigenvalue weighted by Crippen LogP contribution is 2.29. The molecule has 0 aliphatic rings. The van der Waals surface area contributed by atoms with Gasteiger partial charge in [-0.1, -0.05) is 51.6 Å². The lowest BCUT2D eigenvalue weighted by atomic mass is 9.90. The summed E-state index contributed by atoms with van der Waals surface area (Å²) < 4.78 is 0. The van der Waals surface area contributed by atoms with Crippen LogP contribution in [-0.4, -0.2) is 41.8 Å². The van der Waals surface area contributed by atoms with Gasteiger partial charge in [-0.2, -0.15) is 0 Å². The van der Waals surface area contributed by atoms with Gasteiger partial charge < -0.3 is 16.4 Å². The maximum Gasteiger partial charge on any atom is 0.237 e. The van der Waals surface area contributed by atoms with E-state index < -0.39 is 12.1 Å². The summed E-state index contributed by atoms with van der Waals surface area (Å²) in [5.74, 6) is -0.791. The molecule has 0 bridgehead atoms. The molecule has 1 unspecified atom stereocenters. The number of carbonyl (C=O) groups excluding carboxylic acids is 4. The number of rotatable bonds is 11. The quantitative estimate of drug-likeness (QED) is 0.353. The van der Waals surface area contributed by atoms with Crippen LogP contribution >= 0.6 is 11.8 Å². The Morgan fingerprint density at radius 3 is 2.26 bits per heavy atom. The molecule has 0 fully saturated rings. The molecule has 1 rings (SSSR count). The molecule has 31 heavy (non-hydrogen) atoms. The van der Waals surface area contributed by atoms with Gasteiger partial charge in [0, 0.05) is 30.3 Å². The highest BCUT2D eigenvalue weighted by molar-refractivity contribution is 8.13. The highest BCUT2D eigenvalue weighted by Gasteiger charge is 2.28. The molecule has 0 heterocycles. The van der Waals surface area contributed by atoms with Gasteiger partial charge in [0.05, 0.1) is 12.1 Å². The molecule has 8 heteroatoms. The van der Waals surface area contributed by atoms with E-state index in [9.17, 15) is 19.2 Å². The summed E-state index contributed by atoms with van der Waals surface area (Å²) in [6, 6.07) is 3.54. The van der Waals surface area contributed by atoms with Crippen LogP contribution in [0.25, 0.3) is 0 Å². The highest BCUT2D eigenvalue weighted by atomic mass is 32.2. The summed E-state index contributed by atoms with van der Waals surface area (Å²) in [7, 11) is 1.49. The van der Waals surface area contributed by atoms with Crippen LogP contribution in [0.3, 0.4) is 0 Å². The normalized spacial score (nSPS) is 13.9. The van der Waals surface area contributed by atoms with Crippen molar-refractivity contribution >= 4 is 34.5 Å². The second kappa shape index (κ2) is 12.6. The molecule has 172 valence electrons. The summed E-state index contributed by atoms with van der Waals surface area (Å²) in [5.41, 5.74) is 6.96. The van der Waals surface area contributed by atoms with Crippen molar-refractivity contribution in [2.24, 2.45) is 17.6 Å². The summed E-state index contributed by atoms with van der Waals surface area (Å²) in [5, 5.41) is 5.27. The van der Waals surface area contributed by atoms with E-state index in [2.05, 4.69) is 10.6 Å². The Bertz CT molecular complexity index is 810. The minimum Gasteiger partial charge on any atom is -0.358 e. The number of benzene rings is 1. The number of nitrogens with two attached hydrogens (primary N) is 1. The molecule has 7 nitrogen and oxygen atoms in total. The summed E-state index contributed by atoms with van der Waals surface area (Å²) in [6.45, 7) is 9.16. The lowest BCUT2D eigenvalue weighted by Gasteiger charge is -2.24.